The highest BCUT2D eigenvalue weighted by Gasteiger charge is 2.25. The van der Waals surface area contributed by atoms with Gasteiger partial charge in [0.25, 0.3) is 0 Å². The number of hydrogen-bond acceptors (Lipinski definition) is 1. The van der Waals surface area contributed by atoms with Gasteiger partial charge < -0.3 is 4.57 Å². The predicted octanol–water partition coefficient (Wildman–Crippen LogP) is 5.27. The molecule has 0 amide bonds. The number of para-hydroxylation sites is 1. The molecule has 0 radical (unpaired) electrons. The topological polar surface area (TPSA) is 17.8 Å². The van der Waals surface area contributed by atoms with E-state index in [4.69, 9.17) is 16.6 Å². The molecular formula is C18H25ClN2. The SMILES string of the molecule is CCC1CCC(n2c(CCCl)nc3c(C)cccc32)CC1. The number of halogens is 1. The van der Waals surface area contributed by atoms with Crippen molar-refractivity contribution in [2.75, 3.05) is 5.88 Å². The van der Waals surface area contributed by atoms with Gasteiger partial charge in [0, 0.05) is 18.3 Å². The minimum absolute atomic E-state index is 0.609. The van der Waals surface area contributed by atoms with Crippen molar-refractivity contribution in [2.24, 2.45) is 5.92 Å². The van der Waals surface area contributed by atoms with Gasteiger partial charge in [-0.15, -0.1) is 11.6 Å². The molecule has 0 aliphatic heterocycles. The van der Waals surface area contributed by atoms with Gasteiger partial charge in [0.2, 0.25) is 0 Å². The van der Waals surface area contributed by atoms with Crippen LogP contribution in [-0.2, 0) is 6.42 Å². The molecule has 0 unspecified atom stereocenters. The van der Waals surface area contributed by atoms with Crippen LogP contribution in [0, 0.1) is 12.8 Å². The van der Waals surface area contributed by atoms with Gasteiger partial charge in [-0.25, -0.2) is 4.98 Å². The second-order valence-corrected chi connectivity index (χ2v) is 6.74. The molecule has 1 aromatic carbocycles. The quantitative estimate of drug-likeness (QED) is 0.704. The molecule has 2 aromatic rings. The van der Waals surface area contributed by atoms with Gasteiger partial charge in [0.05, 0.1) is 11.0 Å². The summed E-state index contributed by atoms with van der Waals surface area (Å²) < 4.78 is 2.50. The molecule has 0 spiro atoms. The first-order valence-electron chi connectivity index (χ1n) is 8.27. The number of aryl methyl sites for hydroxylation is 2. The number of imidazole rings is 1. The molecule has 1 aliphatic carbocycles. The summed E-state index contributed by atoms with van der Waals surface area (Å²) in [7, 11) is 0. The Bertz CT molecular complexity index is 609. The maximum absolute atomic E-state index is 6.01. The fraction of sp³-hybridized carbons (Fsp3) is 0.611. The van der Waals surface area contributed by atoms with Crippen molar-refractivity contribution >= 4 is 22.6 Å². The molecule has 3 heteroatoms. The fourth-order valence-electron chi connectivity index (χ4n) is 3.78. The van der Waals surface area contributed by atoms with Gasteiger partial charge in [-0.3, -0.25) is 0 Å². The van der Waals surface area contributed by atoms with Crippen LogP contribution in [0.1, 0.15) is 56.5 Å². The maximum Gasteiger partial charge on any atom is 0.111 e. The van der Waals surface area contributed by atoms with Crippen LogP contribution >= 0.6 is 11.6 Å². The lowest BCUT2D eigenvalue weighted by Crippen LogP contribution is -2.19. The van der Waals surface area contributed by atoms with E-state index in [1.54, 1.807) is 0 Å². The third-order valence-corrected chi connectivity index (χ3v) is 5.26. The van der Waals surface area contributed by atoms with Gasteiger partial charge in [0.1, 0.15) is 5.82 Å². The third kappa shape index (κ3) is 2.83. The van der Waals surface area contributed by atoms with E-state index >= 15 is 0 Å². The van der Waals surface area contributed by atoms with Crippen molar-refractivity contribution in [3.8, 4) is 0 Å². The molecule has 0 saturated heterocycles. The van der Waals surface area contributed by atoms with E-state index in [1.165, 1.54) is 49.0 Å². The zero-order chi connectivity index (χ0) is 14.8. The zero-order valence-corrected chi connectivity index (χ0v) is 13.9. The first-order chi connectivity index (χ1) is 10.2. The number of rotatable bonds is 4. The van der Waals surface area contributed by atoms with Crippen LogP contribution in [0.2, 0.25) is 0 Å². The van der Waals surface area contributed by atoms with Crippen LogP contribution in [-0.4, -0.2) is 15.4 Å². The smallest absolute Gasteiger partial charge is 0.111 e. The van der Waals surface area contributed by atoms with Crippen molar-refractivity contribution in [3.05, 3.63) is 29.6 Å². The Balaban J connectivity index is 2.00. The third-order valence-electron chi connectivity index (χ3n) is 5.07. The lowest BCUT2D eigenvalue weighted by Gasteiger charge is -2.30. The van der Waals surface area contributed by atoms with Gasteiger partial charge in [0.15, 0.2) is 0 Å². The minimum Gasteiger partial charge on any atom is -0.325 e. The van der Waals surface area contributed by atoms with E-state index < -0.39 is 0 Å². The van der Waals surface area contributed by atoms with Crippen molar-refractivity contribution in [3.63, 3.8) is 0 Å². The van der Waals surface area contributed by atoms with Crippen molar-refractivity contribution in [2.45, 2.75) is 58.4 Å². The molecule has 0 bridgehead atoms. The van der Waals surface area contributed by atoms with Crippen molar-refractivity contribution < 1.29 is 0 Å². The molecule has 0 atom stereocenters. The molecule has 1 aliphatic rings. The van der Waals surface area contributed by atoms with Crippen LogP contribution in [0.4, 0.5) is 0 Å². The van der Waals surface area contributed by atoms with Gasteiger partial charge >= 0.3 is 0 Å². The Morgan fingerprint density at radius 2 is 2.00 bits per heavy atom. The molecule has 1 saturated carbocycles. The number of aromatic nitrogens is 2. The van der Waals surface area contributed by atoms with E-state index in [0.717, 1.165) is 17.9 Å². The average molecular weight is 305 g/mol. The van der Waals surface area contributed by atoms with Crippen LogP contribution in [0.15, 0.2) is 18.2 Å². The second kappa shape index (κ2) is 6.39. The summed E-state index contributed by atoms with van der Waals surface area (Å²) in [6.45, 7) is 4.47. The Labute approximate surface area is 132 Å². The first kappa shape index (κ1) is 14.9. The lowest BCUT2D eigenvalue weighted by molar-refractivity contribution is 0.270. The number of hydrogen-bond donors (Lipinski definition) is 0. The molecule has 1 heterocycles. The summed E-state index contributed by atoms with van der Waals surface area (Å²) >= 11 is 6.01. The molecule has 1 aromatic heterocycles. The number of benzene rings is 1. The fourth-order valence-corrected chi connectivity index (χ4v) is 3.95. The van der Waals surface area contributed by atoms with Crippen molar-refractivity contribution in [1.82, 2.24) is 9.55 Å². The molecular weight excluding hydrogens is 280 g/mol. The first-order valence-corrected chi connectivity index (χ1v) is 8.80. The monoisotopic (exact) mass is 304 g/mol. The van der Waals surface area contributed by atoms with E-state index in [2.05, 4.69) is 36.6 Å². The second-order valence-electron chi connectivity index (χ2n) is 6.36. The lowest BCUT2D eigenvalue weighted by atomic mass is 9.84. The summed E-state index contributed by atoms with van der Waals surface area (Å²) in [6, 6.07) is 7.13. The largest absolute Gasteiger partial charge is 0.325 e. The number of nitrogens with zero attached hydrogens (tertiary/aromatic N) is 2. The van der Waals surface area contributed by atoms with Crippen LogP contribution in [0.3, 0.4) is 0 Å². The van der Waals surface area contributed by atoms with E-state index in [0.29, 0.717) is 11.9 Å². The highest BCUT2D eigenvalue weighted by atomic mass is 35.5. The highest BCUT2D eigenvalue weighted by molar-refractivity contribution is 6.17. The molecule has 3 rings (SSSR count). The van der Waals surface area contributed by atoms with Crippen molar-refractivity contribution in [1.29, 1.82) is 0 Å². The summed E-state index contributed by atoms with van der Waals surface area (Å²) in [6.07, 6.45) is 7.47. The van der Waals surface area contributed by atoms with Gasteiger partial charge in [-0.05, 0) is 50.2 Å². The minimum atomic E-state index is 0.609. The summed E-state index contributed by atoms with van der Waals surface area (Å²) in [4.78, 5) is 4.89. The molecule has 21 heavy (non-hydrogen) atoms. The summed E-state index contributed by atoms with van der Waals surface area (Å²) in [5.74, 6) is 2.75. The summed E-state index contributed by atoms with van der Waals surface area (Å²) in [5.41, 5.74) is 3.73. The molecule has 114 valence electrons. The number of fused-ring (bicyclic) bond motifs is 1. The normalized spacial score (nSPS) is 22.8. The molecule has 0 N–H and O–H groups in total. The Hall–Kier alpha value is -1.02. The Morgan fingerprint density at radius 3 is 2.67 bits per heavy atom. The zero-order valence-electron chi connectivity index (χ0n) is 13.1. The van der Waals surface area contributed by atoms with Gasteiger partial charge in [-0.2, -0.15) is 0 Å². The van der Waals surface area contributed by atoms with Gasteiger partial charge in [-0.1, -0.05) is 25.5 Å². The molecule has 2 nitrogen and oxygen atoms in total. The van der Waals surface area contributed by atoms with E-state index in [9.17, 15) is 0 Å². The van der Waals surface area contributed by atoms with E-state index in [-0.39, 0.29) is 0 Å². The predicted molar refractivity (Wildman–Crippen MR) is 90.2 cm³/mol. The Kier molecular flexibility index (Phi) is 4.54. The van der Waals surface area contributed by atoms with Crippen LogP contribution in [0.5, 0.6) is 0 Å². The highest BCUT2D eigenvalue weighted by Crippen LogP contribution is 2.36. The van der Waals surface area contributed by atoms with Crippen LogP contribution in [0.25, 0.3) is 11.0 Å². The average Bonchev–Trinajstić information content (AvgIpc) is 2.87. The standard InChI is InChI=1S/C18H25ClN2/c1-3-14-7-9-15(10-8-14)21-16-6-4-5-13(2)18(16)20-17(21)11-12-19/h4-6,14-15H,3,7-12H2,1-2H3. The number of alkyl halides is 1. The molecule has 1 fully saturated rings. The maximum atomic E-state index is 6.01. The van der Waals surface area contributed by atoms with Crippen LogP contribution < -0.4 is 0 Å². The Morgan fingerprint density at radius 1 is 1.24 bits per heavy atom. The summed E-state index contributed by atoms with van der Waals surface area (Å²) in [5, 5.41) is 0. The van der Waals surface area contributed by atoms with E-state index in [1.807, 2.05) is 0 Å².